The quantitative estimate of drug-likeness (QED) is 0.570. The lowest BCUT2D eigenvalue weighted by Crippen LogP contribution is -2.03. The Hall–Kier alpha value is -0.870. The molecule has 0 saturated heterocycles. The normalized spacial score (nSPS) is 9.58. The first-order valence-corrected chi connectivity index (χ1v) is 3.85. The fourth-order valence-corrected chi connectivity index (χ4v) is 1.12. The molecule has 0 fully saturated rings. The molecule has 0 unspecified atom stereocenters. The van der Waals surface area contributed by atoms with Crippen LogP contribution < -0.4 is 5.32 Å². The summed E-state index contributed by atoms with van der Waals surface area (Å²) < 4.78 is 0. The van der Waals surface area contributed by atoms with Gasteiger partial charge in [0.25, 0.3) is 0 Å². The van der Waals surface area contributed by atoms with Crippen molar-refractivity contribution in [2.24, 2.45) is 0 Å². The molecule has 6 heteroatoms. The van der Waals surface area contributed by atoms with Crippen molar-refractivity contribution in [1.82, 2.24) is 9.97 Å². The zero-order valence-corrected chi connectivity index (χ0v) is 7.74. The number of halogens is 2. The lowest BCUT2D eigenvalue weighted by atomic mass is 10.3. The second-order valence-electron chi connectivity index (χ2n) is 1.95. The van der Waals surface area contributed by atoms with E-state index in [1.807, 2.05) is 0 Å². The number of nitrogens with zero attached hydrogens (tertiary/aromatic N) is 2. The minimum absolute atomic E-state index is 0.163. The van der Waals surface area contributed by atoms with Crippen LogP contribution in [0, 0.1) is 5.41 Å². The molecule has 4 nitrogen and oxygen atoms in total. The maximum atomic E-state index is 7.15. The molecule has 0 bridgehead atoms. The van der Waals surface area contributed by atoms with Gasteiger partial charge >= 0.3 is 0 Å². The van der Waals surface area contributed by atoms with Gasteiger partial charge < -0.3 is 5.32 Å². The fourth-order valence-electron chi connectivity index (χ4n) is 0.752. The highest BCUT2D eigenvalue weighted by Gasteiger charge is 2.10. The molecule has 1 aromatic rings. The monoisotopic (exact) mass is 204 g/mol. The predicted molar refractivity (Wildman–Crippen MR) is 49.3 cm³/mol. The Bertz CT molecular complexity index is 312. The Balaban J connectivity index is 3.27. The molecule has 1 heterocycles. The number of anilines is 1. The Kier molecular flexibility index (Phi) is 2.83. The summed E-state index contributed by atoms with van der Waals surface area (Å²) in [6.07, 6.45) is 1.26. The van der Waals surface area contributed by atoms with Crippen molar-refractivity contribution in [1.29, 1.82) is 5.41 Å². The maximum Gasteiger partial charge on any atom is 0.156 e. The van der Waals surface area contributed by atoms with E-state index in [1.165, 1.54) is 6.33 Å². The van der Waals surface area contributed by atoms with Crippen LogP contribution in [0.1, 0.15) is 5.69 Å². The lowest BCUT2D eigenvalue weighted by Gasteiger charge is -2.05. The molecule has 0 aliphatic rings. The topological polar surface area (TPSA) is 61.7 Å². The van der Waals surface area contributed by atoms with E-state index < -0.39 is 0 Å². The first-order valence-electron chi connectivity index (χ1n) is 3.09. The van der Waals surface area contributed by atoms with E-state index in [1.54, 1.807) is 7.05 Å². The van der Waals surface area contributed by atoms with Crippen LogP contribution in [0.5, 0.6) is 0 Å². The molecule has 0 amide bonds. The van der Waals surface area contributed by atoms with Crippen LogP contribution in [0.2, 0.25) is 5.15 Å². The number of hydrogen-bond donors (Lipinski definition) is 2. The van der Waals surface area contributed by atoms with Gasteiger partial charge in [-0.25, -0.2) is 9.97 Å². The lowest BCUT2D eigenvalue weighted by molar-refractivity contribution is 1.15. The third-order valence-corrected chi connectivity index (χ3v) is 1.72. The van der Waals surface area contributed by atoms with Crippen molar-refractivity contribution in [3.05, 3.63) is 17.2 Å². The van der Waals surface area contributed by atoms with Crippen molar-refractivity contribution in [2.75, 3.05) is 12.4 Å². The number of rotatable bonds is 2. The summed E-state index contributed by atoms with van der Waals surface area (Å²) in [7, 11) is 1.66. The van der Waals surface area contributed by atoms with Gasteiger partial charge in [-0.3, -0.25) is 5.41 Å². The van der Waals surface area contributed by atoms with Crippen LogP contribution in [0.3, 0.4) is 0 Å². The van der Waals surface area contributed by atoms with Crippen molar-refractivity contribution in [3.8, 4) is 0 Å². The molecule has 0 aliphatic carbocycles. The van der Waals surface area contributed by atoms with Gasteiger partial charge in [-0.05, 0) is 0 Å². The Morgan fingerprint density at radius 2 is 2.25 bits per heavy atom. The predicted octanol–water partition coefficient (Wildman–Crippen LogP) is 1.74. The third kappa shape index (κ3) is 1.65. The molecular weight excluding hydrogens is 199 g/mol. The molecule has 64 valence electrons. The van der Waals surface area contributed by atoms with Crippen LogP contribution in [0.15, 0.2) is 6.33 Å². The third-order valence-electron chi connectivity index (χ3n) is 1.26. The highest BCUT2D eigenvalue weighted by molar-refractivity contribution is 6.69. The van der Waals surface area contributed by atoms with E-state index in [2.05, 4.69) is 15.3 Å². The van der Waals surface area contributed by atoms with E-state index in [-0.39, 0.29) is 10.3 Å². The summed E-state index contributed by atoms with van der Waals surface area (Å²) >= 11 is 11.2. The Morgan fingerprint density at radius 3 is 2.67 bits per heavy atom. The average molecular weight is 205 g/mol. The van der Waals surface area contributed by atoms with E-state index in [0.29, 0.717) is 11.4 Å². The van der Waals surface area contributed by atoms with E-state index in [4.69, 9.17) is 28.6 Å². The highest BCUT2D eigenvalue weighted by atomic mass is 35.5. The highest BCUT2D eigenvalue weighted by Crippen LogP contribution is 2.21. The van der Waals surface area contributed by atoms with Crippen molar-refractivity contribution in [2.45, 2.75) is 0 Å². The summed E-state index contributed by atoms with van der Waals surface area (Å²) in [5.41, 5.74) is 0.776. The molecule has 0 atom stereocenters. The zero-order valence-electron chi connectivity index (χ0n) is 6.23. The molecule has 12 heavy (non-hydrogen) atoms. The van der Waals surface area contributed by atoms with Gasteiger partial charge in [0, 0.05) is 7.05 Å². The molecule has 0 radical (unpaired) electrons. The molecular formula is C6H6Cl2N4. The van der Waals surface area contributed by atoms with Crippen LogP contribution >= 0.6 is 23.2 Å². The number of aromatic nitrogens is 2. The van der Waals surface area contributed by atoms with Gasteiger partial charge in [-0.2, -0.15) is 0 Å². The van der Waals surface area contributed by atoms with E-state index in [0.717, 1.165) is 0 Å². The second kappa shape index (κ2) is 3.69. The minimum atomic E-state index is -0.163. The average Bonchev–Trinajstić information content (AvgIpc) is 2.03. The van der Waals surface area contributed by atoms with Crippen LogP contribution in [0.4, 0.5) is 5.69 Å². The van der Waals surface area contributed by atoms with Crippen molar-refractivity contribution < 1.29 is 0 Å². The molecule has 0 aromatic carbocycles. The first-order chi connectivity index (χ1) is 5.66. The Labute approximate surface area is 79.4 Å². The van der Waals surface area contributed by atoms with Crippen molar-refractivity contribution >= 4 is 34.1 Å². The summed E-state index contributed by atoms with van der Waals surface area (Å²) in [5.74, 6) is 0. The minimum Gasteiger partial charge on any atom is -0.384 e. The summed E-state index contributed by atoms with van der Waals surface area (Å²) in [6.45, 7) is 0. The smallest absolute Gasteiger partial charge is 0.156 e. The van der Waals surface area contributed by atoms with Gasteiger partial charge in [0.2, 0.25) is 0 Å². The molecule has 1 aromatic heterocycles. The fraction of sp³-hybridized carbons (Fsp3) is 0.167. The van der Waals surface area contributed by atoms with Crippen LogP contribution in [0.25, 0.3) is 0 Å². The molecule has 0 spiro atoms. The first kappa shape index (κ1) is 9.22. The standard InChI is InChI=1S/C6H6Cl2N4/c1-10-4-3(5(7)9)11-2-12-6(4)8/h2,9-10H,1H3. The number of hydrogen-bond acceptors (Lipinski definition) is 4. The Morgan fingerprint density at radius 1 is 1.58 bits per heavy atom. The van der Waals surface area contributed by atoms with Gasteiger partial charge in [0.15, 0.2) is 5.15 Å². The van der Waals surface area contributed by atoms with Crippen LogP contribution in [-0.4, -0.2) is 22.2 Å². The van der Waals surface area contributed by atoms with Crippen molar-refractivity contribution in [3.63, 3.8) is 0 Å². The molecule has 2 N–H and O–H groups in total. The molecule has 1 rings (SSSR count). The largest absolute Gasteiger partial charge is 0.384 e. The SMILES string of the molecule is CNc1c(Cl)ncnc1C(=N)Cl. The van der Waals surface area contributed by atoms with E-state index in [9.17, 15) is 0 Å². The van der Waals surface area contributed by atoms with Crippen LogP contribution in [-0.2, 0) is 0 Å². The summed E-state index contributed by atoms with van der Waals surface area (Å²) in [5, 5.41) is 10.0. The van der Waals surface area contributed by atoms with Gasteiger partial charge in [0.05, 0.1) is 0 Å². The summed E-state index contributed by atoms with van der Waals surface area (Å²) in [6, 6.07) is 0. The second-order valence-corrected chi connectivity index (χ2v) is 2.69. The zero-order chi connectivity index (χ0) is 9.14. The molecule has 0 aliphatic heterocycles. The maximum absolute atomic E-state index is 7.15. The summed E-state index contributed by atoms with van der Waals surface area (Å²) in [4.78, 5) is 7.52. The van der Waals surface area contributed by atoms with E-state index >= 15 is 0 Å². The molecule has 0 saturated carbocycles. The van der Waals surface area contributed by atoms with Gasteiger partial charge in [-0.15, -0.1) is 0 Å². The van der Waals surface area contributed by atoms with Gasteiger partial charge in [0.1, 0.15) is 22.9 Å². The van der Waals surface area contributed by atoms with Gasteiger partial charge in [-0.1, -0.05) is 23.2 Å². The number of nitrogens with one attached hydrogen (secondary N) is 2.